The molecule has 0 aliphatic carbocycles. The second-order valence-corrected chi connectivity index (χ2v) is 5.43. The highest BCUT2D eigenvalue weighted by molar-refractivity contribution is 7.80. The summed E-state index contributed by atoms with van der Waals surface area (Å²) in [6, 6.07) is 5.56. The fourth-order valence-electron chi connectivity index (χ4n) is 2.03. The van der Waals surface area contributed by atoms with Gasteiger partial charge in [-0.1, -0.05) is 45.3 Å². The van der Waals surface area contributed by atoms with Gasteiger partial charge in [-0.05, 0) is 24.5 Å². The number of ether oxygens (including phenoxy) is 2. The molecule has 0 amide bonds. The van der Waals surface area contributed by atoms with E-state index in [0.717, 1.165) is 24.3 Å². The van der Waals surface area contributed by atoms with E-state index in [1.807, 2.05) is 18.2 Å². The molecule has 1 unspecified atom stereocenters. The van der Waals surface area contributed by atoms with Crippen LogP contribution in [-0.4, -0.2) is 18.7 Å². The summed E-state index contributed by atoms with van der Waals surface area (Å²) >= 11 is 5.01. The van der Waals surface area contributed by atoms with Gasteiger partial charge in [-0.25, -0.2) is 0 Å². The van der Waals surface area contributed by atoms with Gasteiger partial charge >= 0.3 is 0 Å². The highest BCUT2D eigenvalue weighted by Crippen LogP contribution is 2.24. The number of hydrogen-bond acceptors (Lipinski definition) is 3. The van der Waals surface area contributed by atoms with Gasteiger partial charge in [0.25, 0.3) is 0 Å². The average molecular weight is 295 g/mol. The summed E-state index contributed by atoms with van der Waals surface area (Å²) in [4.78, 5) is 0.353. The van der Waals surface area contributed by atoms with Gasteiger partial charge in [0.2, 0.25) is 0 Å². The Morgan fingerprint density at radius 1 is 1.25 bits per heavy atom. The van der Waals surface area contributed by atoms with Crippen molar-refractivity contribution < 1.29 is 9.47 Å². The summed E-state index contributed by atoms with van der Waals surface area (Å²) in [5, 5.41) is 0. The van der Waals surface area contributed by atoms with E-state index in [0.29, 0.717) is 16.7 Å². The quantitative estimate of drug-likeness (QED) is 0.701. The molecular formula is C16H25NO2S. The van der Waals surface area contributed by atoms with Crippen LogP contribution in [0.15, 0.2) is 18.2 Å². The molecule has 2 N–H and O–H groups in total. The van der Waals surface area contributed by atoms with Crippen molar-refractivity contribution in [3.8, 4) is 11.5 Å². The first kappa shape index (κ1) is 16.8. The number of methoxy groups -OCH3 is 1. The summed E-state index contributed by atoms with van der Waals surface area (Å²) in [5.41, 5.74) is 6.45. The van der Waals surface area contributed by atoms with Crippen LogP contribution < -0.4 is 15.2 Å². The lowest BCUT2D eigenvalue weighted by Gasteiger charge is -2.16. The van der Waals surface area contributed by atoms with E-state index < -0.39 is 0 Å². The third-order valence-corrected chi connectivity index (χ3v) is 3.66. The normalized spacial score (nSPS) is 11.9. The van der Waals surface area contributed by atoms with E-state index >= 15 is 0 Å². The van der Waals surface area contributed by atoms with Crippen LogP contribution in [0.1, 0.15) is 45.1 Å². The van der Waals surface area contributed by atoms with Crippen LogP contribution in [0.2, 0.25) is 0 Å². The molecule has 4 heteroatoms. The Labute approximate surface area is 127 Å². The zero-order valence-electron chi connectivity index (χ0n) is 12.6. The first-order valence-corrected chi connectivity index (χ1v) is 7.63. The highest BCUT2D eigenvalue weighted by Gasteiger charge is 2.09. The molecule has 0 saturated heterocycles. The van der Waals surface area contributed by atoms with Crippen molar-refractivity contribution >= 4 is 17.2 Å². The van der Waals surface area contributed by atoms with Gasteiger partial charge in [0.1, 0.15) is 16.5 Å². The summed E-state index contributed by atoms with van der Waals surface area (Å²) < 4.78 is 11.1. The summed E-state index contributed by atoms with van der Waals surface area (Å²) in [7, 11) is 1.62. The minimum Gasteiger partial charge on any atom is -0.497 e. The molecule has 0 aliphatic heterocycles. The molecule has 112 valence electrons. The molecule has 0 aliphatic rings. The lowest BCUT2D eigenvalue weighted by Crippen LogP contribution is -2.13. The van der Waals surface area contributed by atoms with Crippen molar-refractivity contribution in [3.05, 3.63) is 23.8 Å². The van der Waals surface area contributed by atoms with Crippen molar-refractivity contribution in [1.82, 2.24) is 0 Å². The van der Waals surface area contributed by atoms with Crippen LogP contribution >= 0.6 is 12.2 Å². The van der Waals surface area contributed by atoms with Crippen molar-refractivity contribution in [1.29, 1.82) is 0 Å². The zero-order chi connectivity index (χ0) is 15.0. The van der Waals surface area contributed by atoms with Crippen LogP contribution in [0.3, 0.4) is 0 Å². The third kappa shape index (κ3) is 5.37. The summed E-state index contributed by atoms with van der Waals surface area (Å²) in [6.45, 7) is 5.14. The number of hydrogen-bond donors (Lipinski definition) is 1. The van der Waals surface area contributed by atoms with Gasteiger partial charge < -0.3 is 15.2 Å². The van der Waals surface area contributed by atoms with E-state index in [4.69, 9.17) is 27.4 Å². The lowest BCUT2D eigenvalue weighted by molar-refractivity contribution is 0.232. The van der Waals surface area contributed by atoms with Crippen molar-refractivity contribution in [2.24, 2.45) is 11.7 Å². The fourth-order valence-corrected chi connectivity index (χ4v) is 2.15. The van der Waals surface area contributed by atoms with Crippen LogP contribution in [0.5, 0.6) is 11.5 Å². The van der Waals surface area contributed by atoms with E-state index in [1.165, 1.54) is 19.3 Å². The number of unbranched alkanes of at least 4 members (excludes halogenated alkanes) is 1. The molecule has 0 spiro atoms. The molecule has 0 saturated carbocycles. The van der Waals surface area contributed by atoms with E-state index in [2.05, 4.69) is 13.8 Å². The van der Waals surface area contributed by atoms with Gasteiger partial charge in [0.15, 0.2) is 0 Å². The second kappa shape index (κ2) is 8.80. The molecule has 0 fully saturated rings. The van der Waals surface area contributed by atoms with Gasteiger partial charge in [0, 0.05) is 11.6 Å². The van der Waals surface area contributed by atoms with Crippen LogP contribution in [0.4, 0.5) is 0 Å². The van der Waals surface area contributed by atoms with Crippen LogP contribution in [0, 0.1) is 5.92 Å². The predicted molar refractivity (Wildman–Crippen MR) is 87.7 cm³/mol. The third-order valence-electron chi connectivity index (χ3n) is 3.43. The van der Waals surface area contributed by atoms with Crippen LogP contribution in [-0.2, 0) is 0 Å². The molecule has 3 nitrogen and oxygen atoms in total. The smallest absolute Gasteiger partial charge is 0.123 e. The zero-order valence-corrected chi connectivity index (χ0v) is 13.5. The molecule has 0 radical (unpaired) electrons. The average Bonchev–Trinajstić information content (AvgIpc) is 2.47. The Morgan fingerprint density at radius 3 is 2.50 bits per heavy atom. The van der Waals surface area contributed by atoms with Crippen LogP contribution in [0.25, 0.3) is 0 Å². The molecule has 1 aromatic rings. The molecule has 1 rings (SSSR count). The minimum atomic E-state index is 0.353. The van der Waals surface area contributed by atoms with Gasteiger partial charge in [-0.3, -0.25) is 0 Å². The topological polar surface area (TPSA) is 44.5 Å². The van der Waals surface area contributed by atoms with Crippen molar-refractivity contribution in [3.63, 3.8) is 0 Å². The van der Waals surface area contributed by atoms with E-state index in [1.54, 1.807) is 7.11 Å². The lowest BCUT2D eigenvalue weighted by atomic mass is 10.0. The Hall–Kier alpha value is -1.29. The fraction of sp³-hybridized carbons (Fsp3) is 0.562. The summed E-state index contributed by atoms with van der Waals surface area (Å²) in [5.74, 6) is 2.07. The Morgan fingerprint density at radius 2 is 1.95 bits per heavy atom. The maximum atomic E-state index is 5.89. The second-order valence-electron chi connectivity index (χ2n) is 4.99. The predicted octanol–water partition coefficient (Wildman–Crippen LogP) is 3.92. The molecule has 1 aromatic carbocycles. The van der Waals surface area contributed by atoms with E-state index in [9.17, 15) is 0 Å². The maximum absolute atomic E-state index is 5.89. The maximum Gasteiger partial charge on any atom is 0.123 e. The standard InChI is InChI=1S/C16H25NO2S/c1-4-6-7-12(5-2)11-19-15-9-13(16(17)20)8-14(10-15)18-3/h8-10,12H,4-7,11H2,1-3H3,(H2,17,20). The number of rotatable bonds is 9. The SMILES string of the molecule is CCCCC(CC)COc1cc(OC)cc(C(N)=S)c1. The Balaban J connectivity index is 2.70. The number of benzene rings is 1. The summed E-state index contributed by atoms with van der Waals surface area (Å²) in [6.07, 6.45) is 4.81. The number of thiocarbonyl (C=S) groups is 1. The van der Waals surface area contributed by atoms with Crippen molar-refractivity contribution in [2.45, 2.75) is 39.5 Å². The Bertz CT molecular complexity index is 434. The minimum absolute atomic E-state index is 0.353. The first-order chi connectivity index (χ1) is 9.60. The molecule has 1 atom stereocenters. The first-order valence-electron chi connectivity index (χ1n) is 7.22. The Kier molecular flexibility index (Phi) is 7.37. The largest absolute Gasteiger partial charge is 0.497 e. The van der Waals surface area contributed by atoms with Gasteiger partial charge in [-0.2, -0.15) is 0 Å². The highest BCUT2D eigenvalue weighted by atomic mass is 32.1. The molecule has 0 aromatic heterocycles. The molecule has 20 heavy (non-hydrogen) atoms. The van der Waals surface area contributed by atoms with E-state index in [-0.39, 0.29) is 0 Å². The molecule has 0 bridgehead atoms. The van der Waals surface area contributed by atoms with Crippen molar-refractivity contribution in [2.75, 3.05) is 13.7 Å². The monoisotopic (exact) mass is 295 g/mol. The number of nitrogens with two attached hydrogens (primary N) is 1. The molecule has 0 heterocycles. The van der Waals surface area contributed by atoms with Gasteiger partial charge in [0.05, 0.1) is 13.7 Å². The molecular weight excluding hydrogens is 270 g/mol. The van der Waals surface area contributed by atoms with Gasteiger partial charge in [-0.15, -0.1) is 0 Å².